The van der Waals surface area contributed by atoms with E-state index in [1.54, 1.807) is 7.11 Å². The molecule has 0 spiro atoms. The van der Waals surface area contributed by atoms with E-state index in [0.29, 0.717) is 5.54 Å². The molecule has 0 atom stereocenters. The maximum Gasteiger partial charge on any atom is 0.166 e. The Morgan fingerprint density at radius 2 is 1.76 bits per heavy atom. The second kappa shape index (κ2) is 7.11. The first-order valence-electron chi connectivity index (χ1n) is 9.85. The van der Waals surface area contributed by atoms with Crippen LogP contribution < -0.4 is 14.8 Å². The zero-order valence-corrected chi connectivity index (χ0v) is 17.0. The summed E-state index contributed by atoms with van der Waals surface area (Å²) in [5.41, 5.74) is 1.56. The van der Waals surface area contributed by atoms with E-state index in [0.717, 1.165) is 53.3 Å². The molecule has 1 aromatic carbocycles. The zero-order chi connectivity index (χ0) is 17.4. The van der Waals surface area contributed by atoms with E-state index in [1.165, 1.54) is 44.1 Å². The molecule has 4 aliphatic carbocycles. The normalized spacial score (nSPS) is 32.8. The van der Waals surface area contributed by atoms with Crippen molar-refractivity contribution < 1.29 is 9.47 Å². The number of benzene rings is 1. The molecule has 0 amide bonds. The third-order valence-corrected chi connectivity index (χ3v) is 7.26. The van der Waals surface area contributed by atoms with Crippen molar-refractivity contribution in [3.63, 3.8) is 0 Å². The van der Waals surface area contributed by atoms with Gasteiger partial charge >= 0.3 is 0 Å². The smallest absolute Gasteiger partial charge is 0.166 e. The fourth-order valence-electron chi connectivity index (χ4n) is 5.87. The topological polar surface area (TPSA) is 30.5 Å². The maximum absolute atomic E-state index is 6.07. The minimum Gasteiger partial charge on any atom is -0.493 e. The van der Waals surface area contributed by atoms with Crippen LogP contribution in [0.5, 0.6) is 11.5 Å². The summed E-state index contributed by atoms with van der Waals surface area (Å²) in [5.74, 6) is 4.62. The van der Waals surface area contributed by atoms with E-state index in [9.17, 15) is 0 Å². The summed E-state index contributed by atoms with van der Waals surface area (Å²) in [6.45, 7) is 3.71. The molecule has 138 valence electrons. The van der Waals surface area contributed by atoms with Gasteiger partial charge in [-0.2, -0.15) is 0 Å². The second-order valence-electron chi connectivity index (χ2n) is 8.46. The fourth-order valence-corrected chi connectivity index (χ4v) is 6.33. The van der Waals surface area contributed by atoms with Crippen LogP contribution in [-0.4, -0.2) is 19.3 Å². The lowest BCUT2D eigenvalue weighted by molar-refractivity contribution is -0.0207. The van der Waals surface area contributed by atoms with Gasteiger partial charge in [0.15, 0.2) is 11.5 Å². The number of halogens is 1. The van der Waals surface area contributed by atoms with Crippen LogP contribution in [0.4, 0.5) is 0 Å². The number of methoxy groups -OCH3 is 1. The molecule has 0 saturated heterocycles. The fraction of sp³-hybridized carbons (Fsp3) is 0.714. The van der Waals surface area contributed by atoms with Gasteiger partial charge in [-0.25, -0.2) is 0 Å². The van der Waals surface area contributed by atoms with Crippen molar-refractivity contribution in [1.29, 1.82) is 0 Å². The van der Waals surface area contributed by atoms with Gasteiger partial charge in [-0.15, -0.1) is 0 Å². The molecule has 0 aliphatic heterocycles. The van der Waals surface area contributed by atoms with E-state index in [2.05, 4.69) is 34.2 Å². The molecule has 3 nitrogen and oxygen atoms in total. The van der Waals surface area contributed by atoms with Crippen molar-refractivity contribution in [2.75, 3.05) is 13.7 Å². The van der Waals surface area contributed by atoms with Gasteiger partial charge in [0.25, 0.3) is 0 Å². The van der Waals surface area contributed by atoms with Crippen molar-refractivity contribution >= 4 is 15.9 Å². The minimum atomic E-state index is 0.360. The Hall–Kier alpha value is -0.740. The Kier molecular flexibility index (Phi) is 5.02. The van der Waals surface area contributed by atoms with Crippen LogP contribution in [0.25, 0.3) is 0 Å². The molecular weight excluding hydrogens is 378 g/mol. The summed E-state index contributed by atoms with van der Waals surface area (Å²) < 4.78 is 12.7. The number of rotatable bonds is 7. The van der Waals surface area contributed by atoms with Crippen LogP contribution in [0.1, 0.15) is 57.4 Å². The van der Waals surface area contributed by atoms with Crippen molar-refractivity contribution in [3.8, 4) is 11.5 Å². The molecule has 0 aromatic heterocycles. The van der Waals surface area contributed by atoms with Gasteiger partial charge in [-0.1, -0.05) is 22.9 Å². The quantitative estimate of drug-likeness (QED) is 0.664. The lowest BCUT2D eigenvalue weighted by Gasteiger charge is -2.57. The summed E-state index contributed by atoms with van der Waals surface area (Å²) in [4.78, 5) is 0. The first-order valence-corrected chi connectivity index (χ1v) is 10.6. The molecule has 4 aliphatic rings. The highest BCUT2D eigenvalue weighted by Gasteiger charge is 2.50. The Labute approximate surface area is 160 Å². The minimum absolute atomic E-state index is 0.360. The van der Waals surface area contributed by atoms with Crippen LogP contribution in [-0.2, 0) is 6.54 Å². The zero-order valence-electron chi connectivity index (χ0n) is 15.4. The van der Waals surface area contributed by atoms with Crippen LogP contribution >= 0.6 is 15.9 Å². The average molecular weight is 408 g/mol. The molecule has 0 heterocycles. The van der Waals surface area contributed by atoms with Gasteiger partial charge in [0.05, 0.1) is 13.7 Å². The third-order valence-electron chi connectivity index (χ3n) is 6.52. The highest BCUT2D eigenvalue weighted by molar-refractivity contribution is 9.10. The molecule has 0 unspecified atom stereocenters. The highest BCUT2D eigenvalue weighted by atomic mass is 79.9. The van der Waals surface area contributed by atoms with Crippen LogP contribution in [0.3, 0.4) is 0 Å². The first-order chi connectivity index (χ1) is 12.1. The Bertz CT molecular complexity index is 595. The lowest BCUT2D eigenvalue weighted by atomic mass is 9.53. The molecule has 4 fully saturated rings. The van der Waals surface area contributed by atoms with Crippen molar-refractivity contribution in [2.24, 2.45) is 17.8 Å². The first kappa shape index (κ1) is 17.7. The third kappa shape index (κ3) is 3.44. The highest BCUT2D eigenvalue weighted by Crippen LogP contribution is 2.55. The SMILES string of the molecule is CCCOc1c(OC)ccc(Br)c1CNC12CC3CC(CC(C3)C1)C2. The van der Waals surface area contributed by atoms with Crippen molar-refractivity contribution in [1.82, 2.24) is 5.32 Å². The molecule has 4 heteroatoms. The molecule has 4 saturated carbocycles. The van der Waals surface area contributed by atoms with E-state index in [-0.39, 0.29) is 0 Å². The largest absolute Gasteiger partial charge is 0.493 e. The average Bonchev–Trinajstić information content (AvgIpc) is 2.58. The number of hydrogen-bond acceptors (Lipinski definition) is 3. The van der Waals surface area contributed by atoms with Crippen molar-refractivity contribution in [3.05, 3.63) is 22.2 Å². The summed E-state index contributed by atoms with van der Waals surface area (Å²) in [6, 6.07) is 4.07. The summed E-state index contributed by atoms with van der Waals surface area (Å²) in [6.07, 6.45) is 9.54. The standard InChI is InChI=1S/C21H30BrNO2/c1-3-6-25-20-17(18(22)4-5-19(20)24-2)13-23-21-10-14-7-15(11-21)9-16(8-14)12-21/h4-5,14-16,23H,3,6-13H2,1-2H3. The van der Waals surface area contributed by atoms with E-state index in [4.69, 9.17) is 9.47 Å². The molecule has 25 heavy (non-hydrogen) atoms. The Morgan fingerprint density at radius 1 is 1.12 bits per heavy atom. The molecule has 1 N–H and O–H groups in total. The summed E-state index contributed by atoms with van der Waals surface area (Å²) >= 11 is 3.74. The number of nitrogens with one attached hydrogen (secondary N) is 1. The summed E-state index contributed by atoms with van der Waals surface area (Å²) in [5, 5.41) is 3.99. The predicted molar refractivity (Wildman–Crippen MR) is 104 cm³/mol. The molecular formula is C21H30BrNO2. The van der Waals surface area contributed by atoms with Gasteiger partial charge in [0, 0.05) is 22.1 Å². The van der Waals surface area contributed by atoms with Crippen LogP contribution in [0, 0.1) is 17.8 Å². The van der Waals surface area contributed by atoms with Gasteiger partial charge in [-0.05, 0) is 74.8 Å². The lowest BCUT2D eigenvalue weighted by Crippen LogP contribution is -2.58. The second-order valence-corrected chi connectivity index (χ2v) is 9.31. The van der Waals surface area contributed by atoms with E-state index < -0.39 is 0 Å². The number of hydrogen-bond donors (Lipinski definition) is 1. The van der Waals surface area contributed by atoms with Crippen LogP contribution in [0.15, 0.2) is 16.6 Å². The Morgan fingerprint density at radius 3 is 2.32 bits per heavy atom. The van der Waals surface area contributed by atoms with Gasteiger partial charge in [0.2, 0.25) is 0 Å². The molecule has 0 radical (unpaired) electrons. The maximum atomic E-state index is 6.07. The van der Waals surface area contributed by atoms with Gasteiger partial charge in [0.1, 0.15) is 0 Å². The molecule has 4 bridgehead atoms. The van der Waals surface area contributed by atoms with E-state index in [1.807, 2.05) is 6.07 Å². The Balaban J connectivity index is 1.54. The van der Waals surface area contributed by atoms with Crippen molar-refractivity contribution in [2.45, 2.75) is 64.0 Å². The molecule has 1 aromatic rings. The van der Waals surface area contributed by atoms with Gasteiger partial charge < -0.3 is 14.8 Å². The van der Waals surface area contributed by atoms with Gasteiger partial charge in [-0.3, -0.25) is 0 Å². The van der Waals surface area contributed by atoms with E-state index >= 15 is 0 Å². The molecule has 5 rings (SSSR count). The monoisotopic (exact) mass is 407 g/mol. The number of ether oxygens (including phenoxy) is 2. The summed E-state index contributed by atoms with van der Waals surface area (Å²) in [7, 11) is 1.72. The van der Waals surface area contributed by atoms with Crippen LogP contribution in [0.2, 0.25) is 0 Å². The predicted octanol–water partition coefficient (Wildman–Crippen LogP) is 5.30.